The van der Waals surface area contributed by atoms with Crippen molar-refractivity contribution in [2.45, 2.75) is 121 Å². The highest BCUT2D eigenvalue weighted by Crippen LogP contribution is 2.09. The fourth-order valence-corrected chi connectivity index (χ4v) is 9.26. The topological polar surface area (TPSA) is 1120 Å². The number of carboxylic acids is 4. The zero-order valence-electron chi connectivity index (χ0n) is 82.6. The monoisotopic (exact) mass is 2000 g/mol. The number of aliphatic carboxylic acids is 4. The molecule has 5 unspecified atom stereocenters. The highest BCUT2D eigenvalue weighted by molar-refractivity contribution is 6.34. The van der Waals surface area contributed by atoms with Crippen LogP contribution in [0.5, 0.6) is 0 Å². The molecule has 5 amide bonds. The Balaban J connectivity index is -0.000000194. The molecule has 56 heteroatoms. The van der Waals surface area contributed by atoms with Crippen LogP contribution in [0.4, 0.5) is 0 Å². The highest BCUT2D eigenvalue weighted by Gasteiger charge is 2.17. The van der Waals surface area contributed by atoms with Gasteiger partial charge in [-0.3, -0.25) is 38.4 Å². The predicted molar refractivity (Wildman–Crippen MR) is 549 cm³/mol. The summed E-state index contributed by atoms with van der Waals surface area (Å²) in [7, 11) is 0. The van der Waals surface area contributed by atoms with Crippen molar-refractivity contribution in [1.82, 2.24) is 85.2 Å². The van der Waals surface area contributed by atoms with Gasteiger partial charge >= 0.3 is 11.9 Å². The van der Waals surface area contributed by atoms with Gasteiger partial charge in [0.05, 0.1) is 43.9 Å². The van der Waals surface area contributed by atoms with Gasteiger partial charge in [-0.15, -0.1) is 0 Å². The van der Waals surface area contributed by atoms with Crippen LogP contribution in [0.2, 0.25) is 0 Å². The molecule has 0 bridgehead atoms. The first-order valence-electron chi connectivity index (χ1n) is 46.9. The Hall–Kier alpha value is -8.14. The van der Waals surface area contributed by atoms with Crippen LogP contribution < -0.4 is 239 Å². The van der Waals surface area contributed by atoms with Crippen LogP contribution >= 0.6 is 0 Å². The molecule has 139 heavy (non-hydrogen) atoms. The quantitative estimate of drug-likeness (QED) is 0.0127. The molecule has 0 fully saturated rings. The summed E-state index contributed by atoms with van der Waals surface area (Å²) in [4.78, 5) is 101. The smallest absolute Gasteiger partial charge is 0.321 e. The molecule has 2 rings (SSSR count). The van der Waals surface area contributed by atoms with E-state index in [0.29, 0.717) is 193 Å². The van der Waals surface area contributed by atoms with E-state index in [-0.39, 0.29) is 73.9 Å². The van der Waals surface area contributed by atoms with E-state index in [4.69, 9.17) is 164 Å². The maximum absolute atomic E-state index is 11.7. The standard InChI is InChI=1S/C14H18N4O6.C12H22N4.2C10H22N4O2.C7H20N4.5C5H16N4.C5H10N2O4/c15-10(13(20)21)5-17-12(19)9-3-1-8(2-4-9)7-24-18-6-11(16)14(22)23;13-5-7-15-9-11-1-2-12(4-3-11)10-16-8-6-14;11-5-7-13-9(15)3-1-2-4-10(16)14-8-6-12;11-7-9(15)13-5-3-1-2-4-6-14-10(16)8-12;8-2-6(3-9)1-7(4-10)5-11;6-2-4(8)1-5(9)3-7;4*6-1-3-8-5-9-4-2-7;6-2(4(8)9)1-3(7)5(10)11/h1-4,11,15,18H,5-7,16H2,(H,17,19)(H,20,21)(H,22,23);1-4,15-16H,5-10,13-14H2;2*1-8,11-12H2,(H,13,15)(H,14,16);6-7H,1-5,8-11H2;4-5H,1-3,6-9H2;4*8-9H,1-7H2;2-3H,1,6-7H2,(H,8,9)(H,10,11)/p-2. The lowest BCUT2D eigenvalue weighted by molar-refractivity contribution is -0.307. The first-order valence-corrected chi connectivity index (χ1v) is 46.9. The van der Waals surface area contributed by atoms with Crippen molar-refractivity contribution in [1.29, 1.82) is 5.41 Å². The number of benzene rings is 2. The van der Waals surface area contributed by atoms with E-state index >= 15 is 0 Å². The second-order valence-corrected chi connectivity index (χ2v) is 29.7. The molecule has 0 saturated heterocycles. The SMILES string of the molecule is N=C(CNC(=O)c1ccc(CONCC(N)C(=O)O)cc1)C(=O)[O-].NC(CC(N)C(=O)O)C(=O)[O-].NCC(=O)NCCCCCCNC(=O)CN.NCC(CN)CC(CN)CN.NCC(N)CC(N)CN.NCCNC(=O)CCCCC(=O)NCCN.NCCNCNCCN.NCCNCNCCN.NCCNCNCCN.NCCNCNCCN.NCCNCc1ccc(CNCCN)cc1. The lowest BCUT2D eigenvalue weighted by Crippen LogP contribution is -2.47. The molecule has 0 aliphatic carbocycles. The minimum atomic E-state index is -1.64. The molecule has 820 valence electrons. The Labute approximate surface area is 823 Å². The minimum absolute atomic E-state index is 0.00329. The summed E-state index contributed by atoms with van der Waals surface area (Å²) in [6.45, 7) is 26.9. The first-order chi connectivity index (χ1) is 66.7. The Bertz CT molecular complexity index is 2850. The van der Waals surface area contributed by atoms with Gasteiger partial charge in [0, 0.05) is 266 Å². The van der Waals surface area contributed by atoms with Gasteiger partial charge in [0.2, 0.25) is 23.6 Å². The van der Waals surface area contributed by atoms with Gasteiger partial charge in [0.25, 0.3) is 5.91 Å². The van der Waals surface area contributed by atoms with Crippen LogP contribution in [-0.4, -0.2) is 362 Å². The molecule has 0 saturated carbocycles. The second-order valence-electron chi connectivity index (χ2n) is 29.7. The number of carboxylic acid groups (broad SMARTS) is 4. The van der Waals surface area contributed by atoms with E-state index in [0.717, 1.165) is 137 Å². The average molecular weight is 2000 g/mol. The lowest BCUT2D eigenvalue weighted by atomic mass is 9.95. The molecule has 0 radical (unpaired) electrons. The zero-order valence-corrected chi connectivity index (χ0v) is 82.6. The number of carbonyl (C=O) groups excluding carboxylic acids is 7. The van der Waals surface area contributed by atoms with Crippen molar-refractivity contribution >= 4 is 59.1 Å². The fraction of sp³-hybridized carbons (Fsp3) is 0.735. The molecule has 56 nitrogen and oxygen atoms in total. The molecule has 69 N–H and O–H groups in total. The maximum Gasteiger partial charge on any atom is 0.321 e. The number of amides is 5. The molecule has 5 atom stereocenters. The summed E-state index contributed by atoms with van der Waals surface area (Å²) in [6.07, 6.45) is 7.62. The van der Waals surface area contributed by atoms with Gasteiger partial charge in [-0.2, -0.15) is 0 Å². The van der Waals surface area contributed by atoms with Gasteiger partial charge in [0.1, 0.15) is 12.1 Å². The summed E-state index contributed by atoms with van der Waals surface area (Å²) >= 11 is 0. The van der Waals surface area contributed by atoms with Gasteiger partial charge in [-0.25, -0.2) is 5.48 Å². The zero-order chi connectivity index (χ0) is 107. The summed E-state index contributed by atoms with van der Waals surface area (Å²) in [6, 6.07) is 11.2. The summed E-state index contributed by atoms with van der Waals surface area (Å²) in [5, 5.41) is 88.3. The molecule has 0 spiro atoms. The van der Waals surface area contributed by atoms with Crippen molar-refractivity contribution in [3.05, 3.63) is 70.8 Å². The van der Waals surface area contributed by atoms with Gasteiger partial charge < -0.3 is 259 Å². The van der Waals surface area contributed by atoms with E-state index < -0.39 is 60.2 Å². The van der Waals surface area contributed by atoms with Crippen LogP contribution in [0.25, 0.3) is 0 Å². The lowest BCUT2D eigenvalue weighted by Gasteiger charge is -2.18. The van der Waals surface area contributed by atoms with Crippen molar-refractivity contribution in [3.8, 4) is 0 Å². The van der Waals surface area contributed by atoms with E-state index in [1.165, 1.54) is 23.3 Å². The number of nitrogens with two attached hydrogens (primary N) is 25. The third kappa shape index (κ3) is 122. The summed E-state index contributed by atoms with van der Waals surface area (Å²) in [5.41, 5.74) is 137. The Morgan fingerprint density at radius 1 is 0.331 bits per heavy atom. The van der Waals surface area contributed by atoms with Gasteiger partial charge in [-0.1, -0.05) is 49.2 Å². The largest absolute Gasteiger partial charge is 0.548 e. The number of nitrogens with one attached hydrogen (secondary N) is 17. The highest BCUT2D eigenvalue weighted by atomic mass is 16.6. The van der Waals surface area contributed by atoms with E-state index in [2.05, 4.69) is 109 Å². The molecule has 0 aromatic heterocycles. The van der Waals surface area contributed by atoms with E-state index in [1.807, 2.05) is 0 Å². The second kappa shape index (κ2) is 120. The van der Waals surface area contributed by atoms with Gasteiger partial charge in [0.15, 0.2) is 0 Å². The number of hydrogen-bond donors (Lipinski definition) is 44. The number of hydroxylamine groups is 1. The molecule has 0 aliphatic rings. The van der Waals surface area contributed by atoms with Crippen molar-refractivity contribution in [2.75, 3.05) is 262 Å². The molecule has 0 heterocycles. The molecule has 2 aromatic rings. The minimum Gasteiger partial charge on any atom is -0.548 e. The fourth-order valence-electron chi connectivity index (χ4n) is 9.26. The number of carbonyl (C=O) groups is 9. The van der Waals surface area contributed by atoms with Crippen LogP contribution in [0.1, 0.15) is 97.7 Å². The van der Waals surface area contributed by atoms with Crippen molar-refractivity contribution in [2.24, 2.45) is 155 Å². The maximum atomic E-state index is 11.7. The molecular weight excluding hydrogens is 1810 g/mol. The number of hydrogen-bond acceptors (Lipinski definition) is 49. The summed E-state index contributed by atoms with van der Waals surface area (Å²) in [5.74, 6) is -5.57. The van der Waals surface area contributed by atoms with Crippen LogP contribution in [0.3, 0.4) is 0 Å². The predicted octanol–water partition coefficient (Wildman–Crippen LogP) is -19.8. The van der Waals surface area contributed by atoms with Crippen LogP contribution in [0.15, 0.2) is 48.5 Å². The van der Waals surface area contributed by atoms with Gasteiger partial charge in [-0.05, 0) is 112 Å². The third-order valence-electron chi connectivity index (χ3n) is 17.2. The third-order valence-corrected chi connectivity index (χ3v) is 17.2. The first kappa shape index (κ1) is 149. The Kier molecular flexibility index (Phi) is 129. The van der Waals surface area contributed by atoms with Crippen molar-refractivity contribution < 1.29 is 68.4 Å². The molecule has 2 aromatic carbocycles. The number of rotatable bonds is 74. The normalized spacial score (nSPS) is 11.3. The number of unbranched alkanes of at least 4 members (excludes halogenated alkanes) is 4. The van der Waals surface area contributed by atoms with Crippen LogP contribution in [-0.2, 0) is 62.9 Å². The average Bonchev–Trinajstić information content (AvgIpc) is 0.872. The Morgan fingerprint density at radius 2 is 0.633 bits per heavy atom. The van der Waals surface area contributed by atoms with Crippen LogP contribution in [0, 0.1) is 17.2 Å². The van der Waals surface area contributed by atoms with Crippen molar-refractivity contribution in [3.63, 3.8) is 0 Å². The van der Waals surface area contributed by atoms with E-state index in [1.54, 1.807) is 12.1 Å². The Morgan fingerprint density at radius 3 is 0.906 bits per heavy atom. The van der Waals surface area contributed by atoms with E-state index in [9.17, 15) is 53.4 Å². The molecular formula is C83H192N42O14-2. The summed E-state index contributed by atoms with van der Waals surface area (Å²) < 4.78 is 0. The molecule has 0 aliphatic heterocycles.